The Morgan fingerprint density at radius 2 is 1.35 bits per heavy atom. The highest BCUT2D eigenvalue weighted by atomic mass is 32.1. The average molecular weight is 331 g/mol. The second-order valence-electron chi connectivity index (χ2n) is 6.18. The lowest BCUT2D eigenvalue weighted by atomic mass is 10.0. The number of rotatable bonds is 11. The van der Waals surface area contributed by atoms with Gasteiger partial charge in [-0.3, -0.25) is 0 Å². The van der Waals surface area contributed by atoms with Gasteiger partial charge in [0.2, 0.25) is 0 Å². The fraction of sp³-hybridized carbons (Fsp3) is 0.500. The maximum absolute atomic E-state index is 5.83. The molecule has 0 radical (unpaired) electrons. The molecule has 0 spiro atoms. The van der Waals surface area contributed by atoms with Gasteiger partial charge in [0.1, 0.15) is 0 Å². The summed E-state index contributed by atoms with van der Waals surface area (Å²) >= 11 is 1.96. The monoisotopic (exact) mass is 330 g/mol. The minimum absolute atomic E-state index is 0.624. The molecule has 1 heterocycles. The van der Waals surface area contributed by atoms with Crippen molar-refractivity contribution in [2.45, 2.75) is 57.9 Å². The third-order valence-corrected chi connectivity index (χ3v) is 5.44. The molecule has 23 heavy (non-hydrogen) atoms. The Bertz CT molecular complexity index is 562. The molecule has 1 aromatic heterocycles. The van der Waals surface area contributed by atoms with E-state index in [1.54, 1.807) is 0 Å². The second-order valence-corrected chi connectivity index (χ2v) is 7.43. The fourth-order valence-corrected chi connectivity index (χ4v) is 4.00. The molecule has 0 aliphatic carbocycles. The Kier molecular flexibility index (Phi) is 8.37. The van der Waals surface area contributed by atoms with Crippen LogP contribution in [0.1, 0.15) is 59.4 Å². The Hall–Kier alpha value is -1.16. The van der Waals surface area contributed by atoms with Crippen LogP contribution in [0.3, 0.4) is 0 Å². The van der Waals surface area contributed by atoms with E-state index in [-0.39, 0.29) is 0 Å². The molecule has 0 aliphatic heterocycles. The number of aryl methyl sites for hydroxylation is 1. The number of nitrogens with two attached hydrogens (primary N) is 2. The molecule has 3 heteroatoms. The summed E-state index contributed by atoms with van der Waals surface area (Å²) in [6.45, 7) is 1.46. The van der Waals surface area contributed by atoms with Gasteiger partial charge >= 0.3 is 0 Å². The Morgan fingerprint density at radius 1 is 0.696 bits per heavy atom. The average Bonchev–Trinajstić information content (AvgIpc) is 3.02. The SMILES string of the molecule is NCCCCCCCCc1ccc(Cc2ccccc2CN)s1. The highest BCUT2D eigenvalue weighted by Gasteiger charge is 2.05. The lowest BCUT2D eigenvalue weighted by Gasteiger charge is -2.05. The molecule has 0 bridgehead atoms. The third kappa shape index (κ3) is 6.46. The summed E-state index contributed by atoms with van der Waals surface area (Å²) in [5, 5.41) is 0. The van der Waals surface area contributed by atoms with Crippen LogP contribution in [0.5, 0.6) is 0 Å². The van der Waals surface area contributed by atoms with Crippen molar-refractivity contribution in [3.63, 3.8) is 0 Å². The molecule has 0 aliphatic rings. The first-order valence-electron chi connectivity index (χ1n) is 8.88. The molecule has 0 saturated carbocycles. The van der Waals surface area contributed by atoms with Crippen molar-refractivity contribution in [2.24, 2.45) is 11.5 Å². The lowest BCUT2D eigenvalue weighted by Crippen LogP contribution is -2.01. The maximum atomic E-state index is 5.83. The summed E-state index contributed by atoms with van der Waals surface area (Å²) < 4.78 is 0. The summed E-state index contributed by atoms with van der Waals surface area (Å²) in [5.41, 5.74) is 14.0. The van der Waals surface area contributed by atoms with Gasteiger partial charge in [-0.25, -0.2) is 0 Å². The predicted molar refractivity (Wildman–Crippen MR) is 102 cm³/mol. The summed E-state index contributed by atoms with van der Waals surface area (Å²) in [7, 11) is 0. The third-order valence-electron chi connectivity index (χ3n) is 4.30. The van der Waals surface area contributed by atoms with E-state index in [0.717, 1.165) is 13.0 Å². The van der Waals surface area contributed by atoms with E-state index in [1.807, 2.05) is 11.3 Å². The standard InChI is InChI=1S/C20H30N2S/c21-14-8-4-2-1-3-5-11-19-12-13-20(23-19)15-17-9-6-7-10-18(17)16-22/h6-7,9-10,12-13H,1-5,8,11,14-16,21-22H2. The number of benzene rings is 1. The molecule has 1 aromatic carbocycles. The van der Waals surface area contributed by atoms with Crippen molar-refractivity contribution in [3.8, 4) is 0 Å². The molecule has 126 valence electrons. The summed E-state index contributed by atoms with van der Waals surface area (Å²) in [6.07, 6.45) is 10.0. The number of unbranched alkanes of at least 4 members (excludes halogenated alkanes) is 5. The molecule has 2 aromatic rings. The Morgan fingerprint density at radius 3 is 2.09 bits per heavy atom. The Balaban J connectivity index is 1.73. The predicted octanol–water partition coefficient (Wildman–Crippen LogP) is 4.64. The van der Waals surface area contributed by atoms with E-state index in [9.17, 15) is 0 Å². The number of hydrogen-bond acceptors (Lipinski definition) is 3. The van der Waals surface area contributed by atoms with Crippen LogP contribution in [0.2, 0.25) is 0 Å². The largest absolute Gasteiger partial charge is 0.330 e. The van der Waals surface area contributed by atoms with Crippen LogP contribution in [0.15, 0.2) is 36.4 Å². The number of thiophene rings is 1. The van der Waals surface area contributed by atoms with Gasteiger partial charge < -0.3 is 11.5 Å². The minimum Gasteiger partial charge on any atom is -0.330 e. The van der Waals surface area contributed by atoms with Gasteiger partial charge in [0, 0.05) is 22.7 Å². The fourth-order valence-electron chi connectivity index (χ4n) is 2.92. The van der Waals surface area contributed by atoms with Crippen LogP contribution in [0, 0.1) is 0 Å². The number of hydrogen-bond donors (Lipinski definition) is 2. The zero-order valence-electron chi connectivity index (χ0n) is 14.1. The summed E-state index contributed by atoms with van der Waals surface area (Å²) in [6, 6.07) is 13.1. The van der Waals surface area contributed by atoms with Crippen molar-refractivity contribution < 1.29 is 0 Å². The van der Waals surface area contributed by atoms with Crippen molar-refractivity contribution in [1.29, 1.82) is 0 Å². The molecule has 0 atom stereocenters. The van der Waals surface area contributed by atoms with Gasteiger partial charge in [-0.15, -0.1) is 11.3 Å². The van der Waals surface area contributed by atoms with Gasteiger partial charge in [0.15, 0.2) is 0 Å². The van der Waals surface area contributed by atoms with Crippen molar-refractivity contribution in [3.05, 3.63) is 57.3 Å². The normalized spacial score (nSPS) is 11.0. The van der Waals surface area contributed by atoms with Gasteiger partial charge in [-0.1, -0.05) is 49.9 Å². The van der Waals surface area contributed by atoms with Gasteiger partial charge in [0.05, 0.1) is 0 Å². The quantitative estimate of drug-likeness (QED) is 0.590. The molecule has 2 rings (SSSR count). The lowest BCUT2D eigenvalue weighted by molar-refractivity contribution is 0.599. The van der Waals surface area contributed by atoms with E-state index in [2.05, 4.69) is 36.4 Å². The highest BCUT2D eigenvalue weighted by Crippen LogP contribution is 2.23. The molecule has 2 nitrogen and oxygen atoms in total. The van der Waals surface area contributed by atoms with Gasteiger partial charge in [-0.2, -0.15) is 0 Å². The summed E-state index contributed by atoms with van der Waals surface area (Å²) in [5.74, 6) is 0. The van der Waals surface area contributed by atoms with Crippen LogP contribution in [-0.4, -0.2) is 6.54 Å². The molecule has 0 fully saturated rings. The van der Waals surface area contributed by atoms with Crippen LogP contribution in [0.4, 0.5) is 0 Å². The van der Waals surface area contributed by atoms with E-state index >= 15 is 0 Å². The molecular weight excluding hydrogens is 300 g/mol. The molecule has 0 unspecified atom stereocenters. The van der Waals surface area contributed by atoms with Crippen LogP contribution in [-0.2, 0) is 19.4 Å². The smallest absolute Gasteiger partial charge is 0.0180 e. The zero-order valence-corrected chi connectivity index (χ0v) is 14.9. The first-order chi connectivity index (χ1) is 11.3. The van der Waals surface area contributed by atoms with Crippen LogP contribution < -0.4 is 11.5 Å². The van der Waals surface area contributed by atoms with Gasteiger partial charge in [0.25, 0.3) is 0 Å². The minimum atomic E-state index is 0.624. The van der Waals surface area contributed by atoms with Crippen LogP contribution in [0.25, 0.3) is 0 Å². The van der Waals surface area contributed by atoms with Crippen molar-refractivity contribution in [2.75, 3.05) is 6.54 Å². The Labute approximate surface area is 144 Å². The van der Waals surface area contributed by atoms with E-state index in [1.165, 1.54) is 65.8 Å². The zero-order chi connectivity index (χ0) is 16.3. The van der Waals surface area contributed by atoms with Crippen molar-refractivity contribution in [1.82, 2.24) is 0 Å². The van der Waals surface area contributed by atoms with E-state index in [0.29, 0.717) is 6.54 Å². The van der Waals surface area contributed by atoms with E-state index < -0.39 is 0 Å². The second kappa shape index (κ2) is 10.6. The van der Waals surface area contributed by atoms with E-state index in [4.69, 9.17) is 11.5 Å². The first-order valence-corrected chi connectivity index (χ1v) is 9.69. The van der Waals surface area contributed by atoms with Crippen LogP contribution >= 0.6 is 11.3 Å². The molecule has 4 N–H and O–H groups in total. The van der Waals surface area contributed by atoms with Gasteiger partial charge in [-0.05, 0) is 49.1 Å². The maximum Gasteiger partial charge on any atom is 0.0180 e. The highest BCUT2D eigenvalue weighted by molar-refractivity contribution is 7.12. The topological polar surface area (TPSA) is 52.0 Å². The molecule has 0 saturated heterocycles. The first kappa shape index (κ1) is 18.2. The summed E-state index contributed by atoms with van der Waals surface area (Å²) in [4.78, 5) is 2.97. The molecular formula is C20H30N2S. The molecule has 0 amide bonds. The van der Waals surface area contributed by atoms with Crippen molar-refractivity contribution >= 4 is 11.3 Å².